The van der Waals surface area contributed by atoms with E-state index in [1.807, 2.05) is 6.07 Å². The summed E-state index contributed by atoms with van der Waals surface area (Å²) in [5.74, 6) is 0. The molecule has 7 heteroatoms. The maximum Gasteiger partial charge on any atom is 0.269 e. The third kappa shape index (κ3) is 2.49. The molecule has 0 saturated heterocycles. The summed E-state index contributed by atoms with van der Waals surface area (Å²) in [5, 5.41) is 1.28. The molecule has 0 aliphatic heterocycles. The highest BCUT2D eigenvalue weighted by atomic mass is 35.5. The van der Waals surface area contributed by atoms with Gasteiger partial charge in [-0.05, 0) is 54.9 Å². The molecule has 0 fully saturated rings. The fraction of sp³-hybridized carbons (Fsp3) is 0.133. The minimum absolute atomic E-state index is 0.166. The summed E-state index contributed by atoms with van der Waals surface area (Å²) in [5.41, 5.74) is 6.87. The van der Waals surface area contributed by atoms with Gasteiger partial charge in [-0.3, -0.25) is 0 Å². The summed E-state index contributed by atoms with van der Waals surface area (Å²) in [6.07, 6.45) is 3.75. The number of benzene rings is 1. The molecule has 0 radical (unpaired) electrons. The van der Waals surface area contributed by atoms with Crippen LogP contribution in [0, 0.1) is 0 Å². The third-order valence-electron chi connectivity index (χ3n) is 3.40. The molecule has 3 rings (SSSR count). The summed E-state index contributed by atoms with van der Waals surface area (Å²) in [7, 11) is -3.73. The minimum atomic E-state index is -3.73. The molecule has 22 heavy (non-hydrogen) atoms. The van der Waals surface area contributed by atoms with Crippen LogP contribution in [0.4, 0.5) is 0 Å². The van der Waals surface area contributed by atoms with Crippen LogP contribution >= 0.6 is 11.6 Å². The van der Waals surface area contributed by atoms with Gasteiger partial charge >= 0.3 is 0 Å². The Morgan fingerprint density at radius 2 is 1.91 bits per heavy atom. The molecule has 0 aliphatic rings. The average Bonchev–Trinajstić information content (AvgIpc) is 2.88. The second-order valence-corrected chi connectivity index (χ2v) is 7.07. The van der Waals surface area contributed by atoms with E-state index in [-0.39, 0.29) is 4.90 Å². The lowest BCUT2D eigenvalue weighted by atomic mass is 10.2. The Labute approximate surface area is 133 Å². The summed E-state index contributed by atoms with van der Waals surface area (Å²) >= 11 is 5.82. The summed E-state index contributed by atoms with van der Waals surface area (Å²) in [4.78, 5) is 4.38. The molecule has 0 spiro atoms. The van der Waals surface area contributed by atoms with Crippen molar-refractivity contribution in [2.45, 2.75) is 11.3 Å². The van der Waals surface area contributed by atoms with E-state index >= 15 is 0 Å². The van der Waals surface area contributed by atoms with Gasteiger partial charge in [-0.1, -0.05) is 11.6 Å². The lowest BCUT2D eigenvalue weighted by Gasteiger charge is -2.06. The minimum Gasteiger partial charge on any atom is -0.330 e. The SMILES string of the molecule is NCCc1cn(S(=O)(=O)c2ccc(Cl)cc2)c2ncccc12. The number of hydrogen-bond donors (Lipinski definition) is 1. The van der Waals surface area contributed by atoms with Crippen LogP contribution in [0.1, 0.15) is 5.56 Å². The van der Waals surface area contributed by atoms with Gasteiger partial charge in [-0.2, -0.15) is 0 Å². The second-order valence-electron chi connectivity index (χ2n) is 4.82. The Bertz CT molecular complexity index is 918. The Kier molecular flexibility index (Phi) is 3.90. The van der Waals surface area contributed by atoms with Gasteiger partial charge < -0.3 is 5.73 Å². The molecule has 2 N–H and O–H groups in total. The van der Waals surface area contributed by atoms with Crippen LogP contribution in [-0.4, -0.2) is 23.9 Å². The van der Waals surface area contributed by atoms with E-state index in [2.05, 4.69) is 4.98 Å². The van der Waals surface area contributed by atoms with Crippen molar-refractivity contribution in [1.29, 1.82) is 0 Å². The van der Waals surface area contributed by atoms with E-state index in [9.17, 15) is 8.42 Å². The molecular formula is C15H14ClN3O2S. The molecular weight excluding hydrogens is 322 g/mol. The Hall–Kier alpha value is -1.89. The highest BCUT2D eigenvalue weighted by Crippen LogP contribution is 2.25. The van der Waals surface area contributed by atoms with E-state index in [1.54, 1.807) is 30.6 Å². The van der Waals surface area contributed by atoms with Crippen molar-refractivity contribution in [3.05, 3.63) is 59.4 Å². The van der Waals surface area contributed by atoms with Crippen molar-refractivity contribution in [3.63, 3.8) is 0 Å². The number of aromatic nitrogens is 2. The third-order valence-corrected chi connectivity index (χ3v) is 5.31. The van der Waals surface area contributed by atoms with Gasteiger partial charge in [0.2, 0.25) is 0 Å². The fourth-order valence-electron chi connectivity index (χ4n) is 2.35. The maximum absolute atomic E-state index is 12.8. The zero-order valence-electron chi connectivity index (χ0n) is 11.6. The van der Waals surface area contributed by atoms with Crippen LogP contribution in [0.2, 0.25) is 5.02 Å². The van der Waals surface area contributed by atoms with Gasteiger partial charge in [0.15, 0.2) is 5.65 Å². The quantitative estimate of drug-likeness (QED) is 0.794. The van der Waals surface area contributed by atoms with Gasteiger partial charge in [-0.15, -0.1) is 0 Å². The molecule has 0 bridgehead atoms. The smallest absolute Gasteiger partial charge is 0.269 e. The highest BCUT2D eigenvalue weighted by Gasteiger charge is 2.21. The number of nitrogens with zero attached hydrogens (tertiary/aromatic N) is 2. The first-order chi connectivity index (χ1) is 10.5. The van der Waals surface area contributed by atoms with Gasteiger partial charge in [0.25, 0.3) is 10.0 Å². The molecule has 0 aliphatic carbocycles. The highest BCUT2D eigenvalue weighted by molar-refractivity contribution is 7.90. The Morgan fingerprint density at radius 3 is 2.59 bits per heavy atom. The van der Waals surface area contributed by atoms with Crippen molar-refractivity contribution in [2.24, 2.45) is 5.73 Å². The van der Waals surface area contributed by atoms with E-state index in [1.165, 1.54) is 16.1 Å². The molecule has 114 valence electrons. The first-order valence-corrected chi connectivity index (χ1v) is 8.52. The van der Waals surface area contributed by atoms with Crippen LogP contribution in [0.25, 0.3) is 11.0 Å². The van der Waals surface area contributed by atoms with Crippen molar-refractivity contribution in [3.8, 4) is 0 Å². The van der Waals surface area contributed by atoms with E-state index < -0.39 is 10.0 Å². The largest absolute Gasteiger partial charge is 0.330 e. The molecule has 2 aromatic heterocycles. The number of nitrogens with two attached hydrogens (primary N) is 1. The van der Waals surface area contributed by atoms with Gasteiger partial charge in [0.05, 0.1) is 4.90 Å². The van der Waals surface area contributed by atoms with Crippen LogP contribution < -0.4 is 5.73 Å². The zero-order valence-corrected chi connectivity index (χ0v) is 13.2. The monoisotopic (exact) mass is 335 g/mol. The number of pyridine rings is 1. The number of hydrogen-bond acceptors (Lipinski definition) is 4. The predicted octanol–water partition coefficient (Wildman–Crippen LogP) is 2.43. The molecule has 2 heterocycles. The lowest BCUT2D eigenvalue weighted by molar-refractivity contribution is 0.588. The summed E-state index contributed by atoms with van der Waals surface area (Å²) < 4.78 is 26.9. The predicted molar refractivity (Wildman–Crippen MR) is 86.5 cm³/mol. The number of rotatable bonds is 4. The molecule has 0 saturated carbocycles. The van der Waals surface area contributed by atoms with Crippen molar-refractivity contribution >= 4 is 32.7 Å². The van der Waals surface area contributed by atoms with Gasteiger partial charge in [0.1, 0.15) is 0 Å². The lowest BCUT2D eigenvalue weighted by Crippen LogP contribution is -2.12. The fourth-order valence-corrected chi connectivity index (χ4v) is 3.83. The van der Waals surface area contributed by atoms with Crippen LogP contribution in [0.5, 0.6) is 0 Å². The van der Waals surface area contributed by atoms with Crippen molar-refractivity contribution in [2.75, 3.05) is 6.54 Å². The summed E-state index contributed by atoms with van der Waals surface area (Å²) in [6, 6.07) is 9.69. The van der Waals surface area contributed by atoms with Crippen LogP contribution in [0.15, 0.2) is 53.7 Å². The van der Waals surface area contributed by atoms with Gasteiger partial charge in [-0.25, -0.2) is 17.4 Å². The second kappa shape index (κ2) is 5.72. The number of fused-ring (bicyclic) bond motifs is 1. The van der Waals surface area contributed by atoms with Crippen molar-refractivity contribution in [1.82, 2.24) is 8.96 Å². The zero-order chi connectivity index (χ0) is 15.7. The molecule has 0 unspecified atom stereocenters. The van der Waals surface area contributed by atoms with E-state index in [4.69, 9.17) is 17.3 Å². The molecule has 5 nitrogen and oxygen atoms in total. The molecule has 0 atom stereocenters. The first kappa shape index (κ1) is 15.0. The Balaban J connectivity index is 2.23. The van der Waals surface area contributed by atoms with Crippen LogP contribution in [-0.2, 0) is 16.4 Å². The maximum atomic E-state index is 12.8. The normalized spacial score (nSPS) is 11.9. The van der Waals surface area contributed by atoms with Crippen molar-refractivity contribution < 1.29 is 8.42 Å². The molecule has 3 aromatic rings. The molecule has 1 aromatic carbocycles. The van der Waals surface area contributed by atoms with E-state index in [0.29, 0.717) is 23.6 Å². The standard InChI is InChI=1S/C15H14ClN3O2S/c16-12-3-5-13(6-4-12)22(20,21)19-10-11(7-8-17)14-2-1-9-18-15(14)19/h1-6,9-10H,7-8,17H2. The first-order valence-electron chi connectivity index (χ1n) is 6.70. The number of halogens is 1. The average molecular weight is 336 g/mol. The van der Waals surface area contributed by atoms with E-state index in [0.717, 1.165) is 10.9 Å². The summed E-state index contributed by atoms with van der Waals surface area (Å²) in [6.45, 7) is 0.439. The molecule has 0 amide bonds. The van der Waals surface area contributed by atoms with Crippen LogP contribution in [0.3, 0.4) is 0 Å². The topological polar surface area (TPSA) is 78.0 Å². The Morgan fingerprint density at radius 1 is 1.18 bits per heavy atom. The van der Waals surface area contributed by atoms with Gasteiger partial charge in [0, 0.05) is 22.8 Å².